The number of carbonyl (C=O) groups is 2. The molecule has 3 rings (SSSR count). The van der Waals surface area contributed by atoms with Gasteiger partial charge in [-0.3, -0.25) is 4.79 Å². The lowest BCUT2D eigenvalue weighted by Crippen LogP contribution is -2.40. The summed E-state index contributed by atoms with van der Waals surface area (Å²) in [7, 11) is 0. The van der Waals surface area contributed by atoms with Crippen LogP contribution in [0.4, 0.5) is 0 Å². The molecule has 0 aliphatic carbocycles. The predicted octanol–water partition coefficient (Wildman–Crippen LogP) is 1.33. The van der Waals surface area contributed by atoms with Crippen LogP contribution in [-0.4, -0.2) is 43.9 Å². The number of rotatable bonds is 2. The first-order valence-electron chi connectivity index (χ1n) is 6.56. The van der Waals surface area contributed by atoms with E-state index >= 15 is 0 Å². The topological polar surface area (TPSA) is 74.9 Å². The fourth-order valence-electron chi connectivity index (χ4n) is 2.67. The lowest BCUT2D eigenvalue weighted by Gasteiger charge is -2.19. The number of hydrogen-bond donors (Lipinski definition) is 1. The summed E-state index contributed by atoms with van der Waals surface area (Å²) in [6.07, 6.45) is 2.90. The van der Waals surface area contributed by atoms with E-state index in [0.29, 0.717) is 24.3 Å². The highest BCUT2D eigenvalue weighted by Crippen LogP contribution is 2.20. The van der Waals surface area contributed by atoms with Gasteiger partial charge < -0.3 is 14.4 Å². The third-order valence-corrected chi connectivity index (χ3v) is 3.71. The van der Waals surface area contributed by atoms with Gasteiger partial charge in [0.25, 0.3) is 5.91 Å². The van der Waals surface area contributed by atoms with E-state index in [1.807, 2.05) is 29.5 Å². The second-order valence-electron chi connectivity index (χ2n) is 5.02. The van der Waals surface area contributed by atoms with Gasteiger partial charge in [0, 0.05) is 18.4 Å². The number of hydrogen-bond acceptors (Lipinski definition) is 3. The zero-order chi connectivity index (χ0) is 14.3. The third-order valence-electron chi connectivity index (χ3n) is 3.71. The average molecular weight is 273 g/mol. The molecule has 3 heterocycles. The molecule has 0 saturated carbocycles. The molecule has 1 unspecified atom stereocenters. The number of pyridine rings is 1. The smallest absolute Gasteiger partial charge is 0.326 e. The van der Waals surface area contributed by atoms with Gasteiger partial charge in [-0.25, -0.2) is 9.78 Å². The summed E-state index contributed by atoms with van der Waals surface area (Å²) in [5.74, 6) is -1.26. The van der Waals surface area contributed by atoms with Crippen molar-refractivity contribution in [2.45, 2.75) is 25.8 Å². The van der Waals surface area contributed by atoms with Crippen LogP contribution in [0.1, 0.15) is 29.0 Å². The van der Waals surface area contributed by atoms with Crippen molar-refractivity contribution >= 4 is 17.5 Å². The quantitative estimate of drug-likeness (QED) is 0.895. The van der Waals surface area contributed by atoms with Gasteiger partial charge in [0.1, 0.15) is 17.4 Å². The molecule has 1 aliphatic rings. The Morgan fingerprint density at radius 2 is 2.20 bits per heavy atom. The fourth-order valence-corrected chi connectivity index (χ4v) is 2.67. The molecule has 0 radical (unpaired) electrons. The summed E-state index contributed by atoms with van der Waals surface area (Å²) in [5, 5.41) is 9.14. The van der Waals surface area contributed by atoms with Gasteiger partial charge in [0.2, 0.25) is 0 Å². The number of amides is 1. The van der Waals surface area contributed by atoms with E-state index in [9.17, 15) is 9.59 Å². The third kappa shape index (κ3) is 1.93. The highest BCUT2D eigenvalue weighted by Gasteiger charge is 2.35. The van der Waals surface area contributed by atoms with E-state index in [1.54, 1.807) is 6.20 Å². The van der Waals surface area contributed by atoms with Crippen molar-refractivity contribution in [3.8, 4) is 0 Å². The molecule has 1 amide bonds. The van der Waals surface area contributed by atoms with Crippen molar-refractivity contribution in [3.63, 3.8) is 0 Å². The van der Waals surface area contributed by atoms with Gasteiger partial charge in [-0.05, 0) is 31.9 Å². The fraction of sp³-hybridized carbons (Fsp3) is 0.357. The second kappa shape index (κ2) is 4.63. The Bertz CT molecular complexity index is 692. The van der Waals surface area contributed by atoms with Crippen LogP contribution in [0.5, 0.6) is 0 Å². The van der Waals surface area contributed by atoms with Crippen molar-refractivity contribution < 1.29 is 14.7 Å². The van der Waals surface area contributed by atoms with E-state index in [2.05, 4.69) is 4.98 Å². The molecule has 2 aromatic rings. The Labute approximate surface area is 115 Å². The zero-order valence-electron chi connectivity index (χ0n) is 11.1. The van der Waals surface area contributed by atoms with Gasteiger partial charge in [0.05, 0.1) is 0 Å². The van der Waals surface area contributed by atoms with Crippen molar-refractivity contribution in [2.24, 2.45) is 0 Å². The van der Waals surface area contributed by atoms with Crippen LogP contribution in [0.2, 0.25) is 0 Å². The van der Waals surface area contributed by atoms with E-state index < -0.39 is 12.0 Å². The van der Waals surface area contributed by atoms with Gasteiger partial charge in [-0.1, -0.05) is 6.07 Å². The standard InChI is InChI=1S/C14H15N3O3/c1-9-4-2-6-12-15-10(8-17(9)12)13(18)16-7-3-5-11(16)14(19)20/h2,4,6,8,11H,3,5,7H2,1H3,(H,19,20). The molecule has 1 aliphatic heterocycles. The molecule has 1 atom stereocenters. The monoisotopic (exact) mass is 273 g/mol. The summed E-state index contributed by atoms with van der Waals surface area (Å²) in [5.41, 5.74) is 1.97. The number of carboxylic acids is 1. The first-order valence-corrected chi connectivity index (χ1v) is 6.56. The number of aliphatic carboxylic acids is 1. The molecule has 0 bridgehead atoms. The number of aryl methyl sites for hydroxylation is 1. The van der Waals surface area contributed by atoms with Crippen molar-refractivity contribution in [3.05, 3.63) is 35.8 Å². The van der Waals surface area contributed by atoms with Crippen LogP contribution in [0, 0.1) is 6.92 Å². The number of fused-ring (bicyclic) bond motifs is 1. The molecule has 6 nitrogen and oxygen atoms in total. The SMILES string of the molecule is Cc1cccc2nc(C(=O)N3CCCC3C(=O)O)cn12. The van der Waals surface area contributed by atoms with Gasteiger partial charge >= 0.3 is 5.97 Å². The lowest BCUT2D eigenvalue weighted by molar-refractivity contribution is -0.141. The van der Waals surface area contributed by atoms with Gasteiger partial charge in [-0.2, -0.15) is 0 Å². The van der Waals surface area contributed by atoms with Crippen LogP contribution < -0.4 is 0 Å². The Balaban J connectivity index is 1.96. The molecule has 0 spiro atoms. The number of likely N-dealkylation sites (tertiary alicyclic amines) is 1. The molecule has 104 valence electrons. The first-order chi connectivity index (χ1) is 9.58. The molecule has 1 saturated heterocycles. The summed E-state index contributed by atoms with van der Waals surface area (Å²) in [4.78, 5) is 29.3. The van der Waals surface area contributed by atoms with Gasteiger partial charge in [0.15, 0.2) is 0 Å². The number of carbonyl (C=O) groups excluding carboxylic acids is 1. The van der Waals surface area contributed by atoms with Crippen molar-refractivity contribution in [1.29, 1.82) is 0 Å². The maximum Gasteiger partial charge on any atom is 0.326 e. The van der Waals surface area contributed by atoms with Crippen molar-refractivity contribution in [2.75, 3.05) is 6.54 Å². The highest BCUT2D eigenvalue weighted by molar-refractivity contribution is 5.95. The largest absolute Gasteiger partial charge is 0.480 e. The van der Waals surface area contributed by atoms with E-state index in [4.69, 9.17) is 5.11 Å². The van der Waals surface area contributed by atoms with Crippen LogP contribution in [0.3, 0.4) is 0 Å². The van der Waals surface area contributed by atoms with Crippen LogP contribution in [-0.2, 0) is 4.79 Å². The number of carboxylic acid groups (broad SMARTS) is 1. The molecule has 0 aromatic carbocycles. The molecule has 1 fully saturated rings. The number of imidazole rings is 1. The Morgan fingerprint density at radius 1 is 1.40 bits per heavy atom. The zero-order valence-corrected chi connectivity index (χ0v) is 11.1. The molecule has 2 aromatic heterocycles. The number of aromatic nitrogens is 2. The molecular weight excluding hydrogens is 258 g/mol. The van der Waals surface area contributed by atoms with E-state index in [0.717, 1.165) is 12.1 Å². The van der Waals surface area contributed by atoms with Gasteiger partial charge in [-0.15, -0.1) is 0 Å². The Morgan fingerprint density at radius 3 is 2.90 bits per heavy atom. The van der Waals surface area contributed by atoms with Crippen molar-refractivity contribution in [1.82, 2.24) is 14.3 Å². The summed E-state index contributed by atoms with van der Waals surface area (Å²) in [6.45, 7) is 2.40. The van der Waals surface area contributed by atoms with E-state index in [-0.39, 0.29) is 5.91 Å². The Kier molecular flexibility index (Phi) is 2.93. The second-order valence-corrected chi connectivity index (χ2v) is 5.02. The molecule has 20 heavy (non-hydrogen) atoms. The summed E-state index contributed by atoms with van der Waals surface area (Å²) in [6, 6.07) is 4.90. The number of nitrogens with zero attached hydrogens (tertiary/aromatic N) is 3. The minimum absolute atomic E-state index is 0.299. The minimum atomic E-state index is -0.948. The Hall–Kier alpha value is -2.37. The normalized spacial score (nSPS) is 18.6. The van der Waals surface area contributed by atoms with Crippen LogP contribution >= 0.6 is 0 Å². The summed E-state index contributed by atoms with van der Waals surface area (Å²) >= 11 is 0. The maximum absolute atomic E-state index is 12.4. The molecule has 1 N–H and O–H groups in total. The van der Waals surface area contributed by atoms with Crippen LogP contribution in [0.25, 0.3) is 5.65 Å². The lowest BCUT2D eigenvalue weighted by atomic mass is 10.2. The average Bonchev–Trinajstić information content (AvgIpc) is 3.05. The maximum atomic E-state index is 12.4. The molecular formula is C14H15N3O3. The molecule has 6 heteroatoms. The minimum Gasteiger partial charge on any atom is -0.480 e. The highest BCUT2D eigenvalue weighted by atomic mass is 16.4. The van der Waals surface area contributed by atoms with Crippen LogP contribution in [0.15, 0.2) is 24.4 Å². The first kappa shape index (κ1) is 12.7. The predicted molar refractivity (Wildman–Crippen MR) is 71.6 cm³/mol. The van der Waals surface area contributed by atoms with E-state index in [1.165, 1.54) is 4.90 Å². The summed E-state index contributed by atoms with van der Waals surface area (Å²) < 4.78 is 1.83.